The van der Waals surface area contributed by atoms with Gasteiger partial charge >= 0.3 is 0 Å². The van der Waals surface area contributed by atoms with Crippen molar-refractivity contribution in [1.29, 1.82) is 0 Å². The first kappa shape index (κ1) is 21.6. The first-order chi connectivity index (χ1) is 14.6. The Morgan fingerprint density at radius 1 is 0.700 bits per heavy atom. The lowest BCUT2D eigenvalue weighted by atomic mass is 10.1. The summed E-state index contributed by atoms with van der Waals surface area (Å²) < 4.78 is 0. The topological polar surface area (TPSA) is 38.7 Å². The van der Waals surface area contributed by atoms with Crippen LogP contribution in [0, 0.1) is 5.92 Å². The van der Waals surface area contributed by atoms with Crippen LogP contribution in [0.4, 0.5) is 11.6 Å². The Hall–Kier alpha value is -1.60. The molecule has 0 saturated carbocycles. The number of nitrogens with zero attached hydrogens (tertiary/aromatic N) is 6. The van der Waals surface area contributed by atoms with E-state index >= 15 is 0 Å². The molecule has 2 saturated heterocycles. The maximum absolute atomic E-state index is 5.95. The SMILES string of the molecule is CC(CN1CCN(c2ccc(Cl)cn2)CC1)CN1CCN(c2ccc(Cl)cn2)CC1. The van der Waals surface area contributed by atoms with Crippen molar-refractivity contribution in [2.75, 3.05) is 75.2 Å². The second-order valence-corrected chi connectivity index (χ2v) is 9.22. The van der Waals surface area contributed by atoms with Crippen molar-refractivity contribution in [2.24, 2.45) is 5.92 Å². The van der Waals surface area contributed by atoms with Crippen molar-refractivity contribution >= 4 is 34.8 Å². The Morgan fingerprint density at radius 3 is 1.43 bits per heavy atom. The summed E-state index contributed by atoms with van der Waals surface area (Å²) >= 11 is 11.9. The molecule has 4 rings (SSSR count). The molecule has 0 N–H and O–H groups in total. The van der Waals surface area contributed by atoms with Gasteiger partial charge in [0.2, 0.25) is 0 Å². The van der Waals surface area contributed by atoms with Crippen LogP contribution in [-0.2, 0) is 0 Å². The minimum absolute atomic E-state index is 0.658. The van der Waals surface area contributed by atoms with E-state index in [2.05, 4.69) is 36.5 Å². The molecular formula is C22H30Cl2N6. The molecule has 6 nitrogen and oxygen atoms in total. The summed E-state index contributed by atoms with van der Waals surface area (Å²) in [5.74, 6) is 2.71. The molecule has 2 aromatic rings. The second kappa shape index (κ2) is 10.1. The van der Waals surface area contributed by atoms with E-state index in [9.17, 15) is 0 Å². The third-order valence-corrected chi connectivity index (χ3v) is 6.40. The van der Waals surface area contributed by atoms with Crippen molar-refractivity contribution in [1.82, 2.24) is 19.8 Å². The fourth-order valence-corrected chi connectivity index (χ4v) is 4.59. The van der Waals surface area contributed by atoms with E-state index in [4.69, 9.17) is 23.2 Å². The van der Waals surface area contributed by atoms with Crippen LogP contribution in [0.2, 0.25) is 10.0 Å². The molecular weight excluding hydrogens is 419 g/mol. The quantitative estimate of drug-likeness (QED) is 0.674. The minimum Gasteiger partial charge on any atom is -0.354 e. The normalized spacial score (nSPS) is 18.9. The van der Waals surface area contributed by atoms with Crippen molar-refractivity contribution in [3.63, 3.8) is 0 Å². The van der Waals surface area contributed by atoms with Crippen LogP contribution in [0.1, 0.15) is 6.92 Å². The van der Waals surface area contributed by atoms with Crippen LogP contribution in [0.3, 0.4) is 0 Å². The van der Waals surface area contributed by atoms with Gasteiger partial charge in [-0.2, -0.15) is 0 Å². The summed E-state index contributed by atoms with van der Waals surface area (Å²) in [4.78, 5) is 18.8. The van der Waals surface area contributed by atoms with Gasteiger partial charge in [-0.1, -0.05) is 30.1 Å². The van der Waals surface area contributed by atoms with E-state index in [0.717, 1.165) is 77.1 Å². The summed E-state index contributed by atoms with van der Waals surface area (Å²) in [7, 11) is 0. The molecule has 0 radical (unpaired) electrons. The van der Waals surface area contributed by atoms with Crippen molar-refractivity contribution < 1.29 is 0 Å². The van der Waals surface area contributed by atoms with Gasteiger partial charge in [-0.3, -0.25) is 9.80 Å². The van der Waals surface area contributed by atoms with Gasteiger partial charge in [0.25, 0.3) is 0 Å². The Balaban J connectivity index is 1.17. The van der Waals surface area contributed by atoms with E-state index in [1.807, 2.05) is 24.3 Å². The Kier molecular flexibility index (Phi) is 7.31. The van der Waals surface area contributed by atoms with Crippen molar-refractivity contribution in [3.8, 4) is 0 Å². The van der Waals surface area contributed by atoms with E-state index in [1.165, 1.54) is 0 Å². The summed E-state index contributed by atoms with van der Waals surface area (Å²) in [6.45, 7) is 13.1. The van der Waals surface area contributed by atoms with Crippen molar-refractivity contribution in [2.45, 2.75) is 6.92 Å². The second-order valence-electron chi connectivity index (χ2n) is 8.35. The standard InChI is InChI=1S/C22H30Cl2N6/c1-18(16-27-6-10-29(11-7-27)21-4-2-19(23)14-25-21)17-28-8-12-30(13-9-28)22-5-3-20(24)15-26-22/h2-5,14-15,18H,6-13,16-17H2,1H3. The monoisotopic (exact) mass is 448 g/mol. The summed E-state index contributed by atoms with van der Waals surface area (Å²) in [5, 5.41) is 1.38. The third-order valence-electron chi connectivity index (χ3n) is 5.96. The molecule has 2 aliphatic heterocycles. The molecule has 0 unspecified atom stereocenters. The summed E-state index contributed by atoms with van der Waals surface area (Å²) in [5.41, 5.74) is 0. The lowest BCUT2D eigenvalue weighted by molar-refractivity contribution is 0.172. The number of rotatable bonds is 6. The highest BCUT2D eigenvalue weighted by Crippen LogP contribution is 2.18. The van der Waals surface area contributed by atoms with Gasteiger partial charge in [-0.25, -0.2) is 9.97 Å². The third kappa shape index (κ3) is 5.76. The molecule has 4 heterocycles. The smallest absolute Gasteiger partial charge is 0.128 e. The highest BCUT2D eigenvalue weighted by molar-refractivity contribution is 6.30. The minimum atomic E-state index is 0.658. The zero-order valence-corrected chi connectivity index (χ0v) is 19.1. The Morgan fingerprint density at radius 2 is 1.10 bits per heavy atom. The average Bonchev–Trinajstić information content (AvgIpc) is 2.76. The number of piperazine rings is 2. The number of pyridine rings is 2. The van der Waals surface area contributed by atoms with Gasteiger partial charge < -0.3 is 9.80 Å². The first-order valence-corrected chi connectivity index (χ1v) is 11.5. The van der Waals surface area contributed by atoms with Crippen molar-refractivity contribution in [3.05, 3.63) is 46.7 Å². The van der Waals surface area contributed by atoms with Crippen LogP contribution in [-0.4, -0.2) is 85.2 Å². The molecule has 0 aromatic carbocycles. The maximum atomic E-state index is 5.95. The Labute approximate surface area is 189 Å². The lowest BCUT2D eigenvalue weighted by Gasteiger charge is -2.39. The number of anilines is 2. The molecule has 2 fully saturated rings. The molecule has 162 valence electrons. The van der Waals surface area contributed by atoms with Crippen LogP contribution in [0.5, 0.6) is 0 Å². The summed E-state index contributed by atoms with van der Waals surface area (Å²) in [6, 6.07) is 7.86. The number of hydrogen-bond donors (Lipinski definition) is 0. The molecule has 2 aromatic heterocycles. The fraction of sp³-hybridized carbons (Fsp3) is 0.545. The highest BCUT2D eigenvalue weighted by atomic mass is 35.5. The van der Waals surface area contributed by atoms with Crippen LogP contribution in [0.15, 0.2) is 36.7 Å². The van der Waals surface area contributed by atoms with E-state index < -0.39 is 0 Å². The van der Waals surface area contributed by atoms with Gasteiger partial charge in [0.1, 0.15) is 11.6 Å². The predicted molar refractivity (Wildman–Crippen MR) is 125 cm³/mol. The average molecular weight is 449 g/mol. The highest BCUT2D eigenvalue weighted by Gasteiger charge is 2.23. The maximum Gasteiger partial charge on any atom is 0.128 e. The first-order valence-electron chi connectivity index (χ1n) is 10.7. The largest absolute Gasteiger partial charge is 0.354 e. The van der Waals surface area contributed by atoms with Crippen LogP contribution < -0.4 is 9.80 Å². The zero-order valence-electron chi connectivity index (χ0n) is 17.6. The molecule has 0 spiro atoms. The molecule has 8 heteroatoms. The van der Waals surface area contributed by atoms with Gasteiger partial charge in [0, 0.05) is 77.8 Å². The zero-order chi connectivity index (χ0) is 20.9. The summed E-state index contributed by atoms with van der Waals surface area (Å²) in [6.07, 6.45) is 3.46. The van der Waals surface area contributed by atoms with Gasteiger partial charge in [-0.15, -0.1) is 0 Å². The van der Waals surface area contributed by atoms with Crippen LogP contribution in [0.25, 0.3) is 0 Å². The van der Waals surface area contributed by atoms with E-state index in [1.54, 1.807) is 12.4 Å². The Bertz CT molecular complexity index is 717. The van der Waals surface area contributed by atoms with Gasteiger partial charge in [-0.05, 0) is 30.2 Å². The lowest BCUT2D eigenvalue weighted by Crippen LogP contribution is -2.51. The predicted octanol–water partition coefficient (Wildman–Crippen LogP) is 3.36. The molecule has 0 bridgehead atoms. The molecule has 0 amide bonds. The van der Waals surface area contributed by atoms with E-state index in [0.29, 0.717) is 16.0 Å². The van der Waals surface area contributed by atoms with Gasteiger partial charge in [0.05, 0.1) is 10.0 Å². The molecule has 0 atom stereocenters. The molecule has 2 aliphatic rings. The number of hydrogen-bond acceptors (Lipinski definition) is 6. The van der Waals surface area contributed by atoms with E-state index in [-0.39, 0.29) is 0 Å². The van der Waals surface area contributed by atoms with Crippen LogP contribution >= 0.6 is 23.2 Å². The number of halogens is 2. The van der Waals surface area contributed by atoms with Gasteiger partial charge in [0.15, 0.2) is 0 Å². The fourth-order valence-electron chi connectivity index (χ4n) is 4.37. The molecule has 30 heavy (non-hydrogen) atoms. The molecule has 0 aliphatic carbocycles. The number of aromatic nitrogens is 2.